The molecular formula is C14H28N2. The van der Waals surface area contributed by atoms with Crippen LogP contribution in [0.4, 0.5) is 0 Å². The standard InChI is InChI=1S/C14H28N2/c1-12(13-4-8-15(2)9-5-13)14-6-10-16(3)11-7-14/h12-14H,4-11H2,1-3H3. The summed E-state index contributed by atoms with van der Waals surface area (Å²) >= 11 is 0. The molecule has 0 aromatic carbocycles. The summed E-state index contributed by atoms with van der Waals surface area (Å²) in [5.41, 5.74) is 0. The third kappa shape index (κ3) is 2.98. The SMILES string of the molecule is CC(C1CCN(C)CC1)C1CCN(C)CC1. The van der Waals surface area contributed by atoms with Crippen LogP contribution in [0.3, 0.4) is 0 Å². The fourth-order valence-corrected chi connectivity index (χ4v) is 3.49. The van der Waals surface area contributed by atoms with Crippen molar-refractivity contribution in [3.63, 3.8) is 0 Å². The van der Waals surface area contributed by atoms with Gasteiger partial charge in [0.1, 0.15) is 0 Å². The summed E-state index contributed by atoms with van der Waals surface area (Å²) in [6, 6.07) is 0. The minimum atomic E-state index is 0.961. The molecule has 2 heteroatoms. The second-order valence-corrected chi connectivity index (χ2v) is 6.14. The third-order valence-corrected chi connectivity index (χ3v) is 5.01. The second kappa shape index (κ2) is 5.50. The zero-order valence-corrected chi connectivity index (χ0v) is 11.3. The van der Waals surface area contributed by atoms with E-state index in [4.69, 9.17) is 0 Å². The highest BCUT2D eigenvalue weighted by atomic mass is 15.1. The molecule has 2 heterocycles. The van der Waals surface area contributed by atoms with E-state index in [1.165, 1.54) is 51.9 Å². The molecule has 0 aliphatic carbocycles. The molecule has 2 aliphatic heterocycles. The van der Waals surface area contributed by atoms with E-state index in [9.17, 15) is 0 Å². The van der Waals surface area contributed by atoms with Crippen molar-refractivity contribution in [2.45, 2.75) is 32.6 Å². The van der Waals surface area contributed by atoms with Crippen LogP contribution in [0, 0.1) is 17.8 Å². The lowest BCUT2D eigenvalue weighted by atomic mass is 9.74. The molecule has 0 N–H and O–H groups in total. The lowest BCUT2D eigenvalue weighted by molar-refractivity contribution is 0.103. The van der Waals surface area contributed by atoms with E-state index in [2.05, 4.69) is 30.8 Å². The van der Waals surface area contributed by atoms with Crippen LogP contribution in [-0.4, -0.2) is 50.1 Å². The molecule has 0 bridgehead atoms. The van der Waals surface area contributed by atoms with Crippen molar-refractivity contribution in [2.24, 2.45) is 17.8 Å². The first-order valence-electron chi connectivity index (χ1n) is 7.04. The number of hydrogen-bond donors (Lipinski definition) is 0. The predicted molar refractivity (Wildman–Crippen MR) is 69.6 cm³/mol. The Balaban J connectivity index is 1.80. The Morgan fingerprint density at radius 1 is 0.750 bits per heavy atom. The normalized spacial score (nSPS) is 27.8. The number of rotatable bonds is 2. The van der Waals surface area contributed by atoms with Crippen LogP contribution < -0.4 is 0 Å². The van der Waals surface area contributed by atoms with E-state index in [-0.39, 0.29) is 0 Å². The smallest absolute Gasteiger partial charge is 0.00190 e. The zero-order valence-electron chi connectivity index (χ0n) is 11.3. The van der Waals surface area contributed by atoms with E-state index in [0.29, 0.717) is 0 Å². The van der Waals surface area contributed by atoms with E-state index < -0.39 is 0 Å². The first kappa shape index (κ1) is 12.4. The largest absolute Gasteiger partial charge is 0.306 e. The van der Waals surface area contributed by atoms with Gasteiger partial charge in [0.15, 0.2) is 0 Å². The molecule has 0 aromatic heterocycles. The molecule has 0 amide bonds. The van der Waals surface area contributed by atoms with E-state index in [0.717, 1.165) is 17.8 Å². The van der Waals surface area contributed by atoms with Gasteiger partial charge in [0.05, 0.1) is 0 Å². The summed E-state index contributed by atoms with van der Waals surface area (Å²) in [7, 11) is 4.52. The van der Waals surface area contributed by atoms with Gasteiger partial charge in [-0.3, -0.25) is 0 Å². The van der Waals surface area contributed by atoms with Crippen molar-refractivity contribution in [3.05, 3.63) is 0 Å². The molecule has 0 atom stereocenters. The maximum Gasteiger partial charge on any atom is -0.00190 e. The minimum Gasteiger partial charge on any atom is -0.306 e. The Morgan fingerprint density at radius 3 is 1.38 bits per heavy atom. The third-order valence-electron chi connectivity index (χ3n) is 5.01. The summed E-state index contributed by atoms with van der Waals surface area (Å²) in [5.74, 6) is 2.97. The topological polar surface area (TPSA) is 6.48 Å². The molecule has 0 radical (unpaired) electrons. The first-order chi connectivity index (χ1) is 7.66. The molecule has 2 saturated heterocycles. The molecule has 2 nitrogen and oxygen atoms in total. The first-order valence-corrected chi connectivity index (χ1v) is 7.04. The zero-order chi connectivity index (χ0) is 11.5. The molecule has 2 aliphatic rings. The van der Waals surface area contributed by atoms with Gasteiger partial charge in [-0.2, -0.15) is 0 Å². The Hall–Kier alpha value is -0.0800. The van der Waals surface area contributed by atoms with Crippen LogP contribution in [-0.2, 0) is 0 Å². The molecule has 2 fully saturated rings. The van der Waals surface area contributed by atoms with E-state index in [1.54, 1.807) is 0 Å². The van der Waals surface area contributed by atoms with Crippen LogP contribution in [0.5, 0.6) is 0 Å². The molecule has 0 aromatic rings. The summed E-state index contributed by atoms with van der Waals surface area (Å²) in [6.45, 7) is 7.80. The maximum atomic E-state index is 2.52. The van der Waals surface area contributed by atoms with Crippen LogP contribution >= 0.6 is 0 Å². The quantitative estimate of drug-likeness (QED) is 0.710. The van der Waals surface area contributed by atoms with Crippen molar-refractivity contribution >= 4 is 0 Å². The maximum absolute atomic E-state index is 2.52. The minimum absolute atomic E-state index is 0.961. The second-order valence-electron chi connectivity index (χ2n) is 6.14. The van der Waals surface area contributed by atoms with Gasteiger partial charge in [-0.1, -0.05) is 6.92 Å². The summed E-state index contributed by atoms with van der Waals surface area (Å²) in [6.07, 6.45) is 5.74. The van der Waals surface area contributed by atoms with Crippen molar-refractivity contribution in [1.82, 2.24) is 9.80 Å². The number of piperidine rings is 2. The van der Waals surface area contributed by atoms with Gasteiger partial charge in [-0.05, 0) is 83.7 Å². The molecule has 16 heavy (non-hydrogen) atoms. The summed E-state index contributed by atoms with van der Waals surface area (Å²) in [4.78, 5) is 4.97. The average Bonchev–Trinajstić information content (AvgIpc) is 2.30. The van der Waals surface area contributed by atoms with Crippen molar-refractivity contribution in [1.29, 1.82) is 0 Å². The highest BCUT2D eigenvalue weighted by Crippen LogP contribution is 2.34. The van der Waals surface area contributed by atoms with Gasteiger partial charge < -0.3 is 9.80 Å². The van der Waals surface area contributed by atoms with E-state index in [1.807, 2.05) is 0 Å². The Labute approximate surface area is 101 Å². The fraction of sp³-hybridized carbons (Fsp3) is 1.00. The molecule has 0 spiro atoms. The van der Waals surface area contributed by atoms with Gasteiger partial charge in [0.2, 0.25) is 0 Å². The van der Waals surface area contributed by atoms with Gasteiger partial charge >= 0.3 is 0 Å². The van der Waals surface area contributed by atoms with Crippen LogP contribution in [0.1, 0.15) is 32.6 Å². The predicted octanol–water partition coefficient (Wildman–Crippen LogP) is 2.31. The average molecular weight is 224 g/mol. The Morgan fingerprint density at radius 2 is 1.06 bits per heavy atom. The van der Waals surface area contributed by atoms with Crippen molar-refractivity contribution in [2.75, 3.05) is 40.3 Å². The monoisotopic (exact) mass is 224 g/mol. The van der Waals surface area contributed by atoms with Gasteiger partial charge in [-0.15, -0.1) is 0 Å². The highest BCUT2D eigenvalue weighted by molar-refractivity contribution is 4.81. The molecule has 0 saturated carbocycles. The highest BCUT2D eigenvalue weighted by Gasteiger charge is 2.29. The number of likely N-dealkylation sites (tertiary alicyclic amines) is 2. The van der Waals surface area contributed by atoms with Crippen LogP contribution in [0.2, 0.25) is 0 Å². The summed E-state index contributed by atoms with van der Waals surface area (Å²) < 4.78 is 0. The fourth-order valence-electron chi connectivity index (χ4n) is 3.49. The lowest BCUT2D eigenvalue weighted by Crippen LogP contribution is -2.38. The molecule has 0 unspecified atom stereocenters. The lowest BCUT2D eigenvalue weighted by Gasteiger charge is -2.39. The van der Waals surface area contributed by atoms with Crippen LogP contribution in [0.25, 0.3) is 0 Å². The van der Waals surface area contributed by atoms with Gasteiger partial charge in [0.25, 0.3) is 0 Å². The Bertz CT molecular complexity index is 179. The summed E-state index contributed by atoms with van der Waals surface area (Å²) in [5, 5.41) is 0. The molecule has 94 valence electrons. The molecular weight excluding hydrogens is 196 g/mol. The van der Waals surface area contributed by atoms with Gasteiger partial charge in [-0.25, -0.2) is 0 Å². The van der Waals surface area contributed by atoms with Crippen LogP contribution in [0.15, 0.2) is 0 Å². The molecule has 2 rings (SSSR count). The number of hydrogen-bond acceptors (Lipinski definition) is 2. The number of nitrogens with zero attached hydrogens (tertiary/aromatic N) is 2. The van der Waals surface area contributed by atoms with Gasteiger partial charge in [0, 0.05) is 0 Å². The van der Waals surface area contributed by atoms with E-state index >= 15 is 0 Å². The van der Waals surface area contributed by atoms with Crippen molar-refractivity contribution in [3.8, 4) is 0 Å². The van der Waals surface area contributed by atoms with Crippen molar-refractivity contribution < 1.29 is 0 Å². The Kier molecular flexibility index (Phi) is 4.26.